The minimum absolute atomic E-state index is 0.0199. The third-order valence-corrected chi connectivity index (χ3v) is 6.68. The van der Waals surface area contributed by atoms with Crippen LogP contribution in [0.15, 0.2) is 71.6 Å². The molecular formula is C24H25ClN2O4S. The maximum Gasteiger partial charge on any atom is 0.245 e. The lowest BCUT2D eigenvalue weighted by Crippen LogP contribution is -2.45. The van der Waals surface area contributed by atoms with Gasteiger partial charge in [-0.25, -0.2) is 8.42 Å². The van der Waals surface area contributed by atoms with E-state index < -0.39 is 22.0 Å². The second-order valence-corrected chi connectivity index (χ2v) is 9.59. The van der Waals surface area contributed by atoms with Gasteiger partial charge in [-0.1, -0.05) is 48.0 Å². The fraction of sp³-hybridized carbons (Fsp3) is 0.208. The number of aryl methyl sites for hydroxylation is 2. The Morgan fingerprint density at radius 3 is 2.41 bits per heavy atom. The van der Waals surface area contributed by atoms with Crippen molar-refractivity contribution < 1.29 is 17.9 Å². The van der Waals surface area contributed by atoms with Gasteiger partial charge in [0.2, 0.25) is 15.9 Å². The van der Waals surface area contributed by atoms with Crippen LogP contribution in [0.3, 0.4) is 0 Å². The smallest absolute Gasteiger partial charge is 0.245 e. The van der Waals surface area contributed by atoms with Gasteiger partial charge in [-0.3, -0.25) is 4.79 Å². The summed E-state index contributed by atoms with van der Waals surface area (Å²) in [6, 6.07) is 18.1. The Kier molecular flexibility index (Phi) is 7.56. The average Bonchev–Trinajstić information content (AvgIpc) is 2.75. The van der Waals surface area contributed by atoms with Crippen LogP contribution in [0.25, 0.3) is 0 Å². The predicted octanol–water partition coefficient (Wildman–Crippen LogP) is 4.49. The summed E-state index contributed by atoms with van der Waals surface area (Å²) in [7, 11) is -2.65. The quantitative estimate of drug-likeness (QED) is 0.505. The molecule has 0 fully saturated rings. The molecule has 8 heteroatoms. The third kappa shape index (κ3) is 5.88. The van der Waals surface area contributed by atoms with Gasteiger partial charge in [-0.2, -0.15) is 4.72 Å². The van der Waals surface area contributed by atoms with E-state index in [4.69, 9.17) is 16.3 Å². The summed E-state index contributed by atoms with van der Waals surface area (Å²) >= 11 is 6.00. The minimum atomic E-state index is -4.06. The summed E-state index contributed by atoms with van der Waals surface area (Å²) in [5.74, 6) is -0.273. The van der Waals surface area contributed by atoms with Crippen molar-refractivity contribution in [3.63, 3.8) is 0 Å². The zero-order valence-electron chi connectivity index (χ0n) is 18.1. The Bertz CT molecular complexity index is 1210. The van der Waals surface area contributed by atoms with Crippen molar-refractivity contribution in [2.45, 2.75) is 31.2 Å². The van der Waals surface area contributed by atoms with Gasteiger partial charge in [0, 0.05) is 10.7 Å². The molecule has 0 spiro atoms. The van der Waals surface area contributed by atoms with E-state index in [1.807, 2.05) is 37.3 Å². The lowest BCUT2D eigenvalue weighted by molar-refractivity contribution is -0.117. The van der Waals surface area contributed by atoms with Crippen molar-refractivity contribution in [1.29, 1.82) is 0 Å². The molecule has 32 heavy (non-hydrogen) atoms. The van der Waals surface area contributed by atoms with Crippen molar-refractivity contribution in [2.75, 3.05) is 12.4 Å². The van der Waals surface area contributed by atoms with Crippen LogP contribution in [0.1, 0.15) is 16.7 Å². The molecule has 0 aliphatic rings. The van der Waals surface area contributed by atoms with E-state index in [0.29, 0.717) is 10.7 Å². The van der Waals surface area contributed by atoms with Crippen LogP contribution in [0.2, 0.25) is 5.02 Å². The van der Waals surface area contributed by atoms with Gasteiger partial charge in [0.25, 0.3) is 0 Å². The Morgan fingerprint density at radius 1 is 1.03 bits per heavy atom. The number of anilines is 1. The molecule has 0 radical (unpaired) electrons. The van der Waals surface area contributed by atoms with Gasteiger partial charge in [0.05, 0.1) is 7.11 Å². The predicted molar refractivity (Wildman–Crippen MR) is 127 cm³/mol. The normalized spacial score (nSPS) is 12.2. The highest BCUT2D eigenvalue weighted by molar-refractivity contribution is 7.89. The summed E-state index contributed by atoms with van der Waals surface area (Å²) in [5, 5.41) is 3.37. The molecule has 0 aromatic heterocycles. The molecule has 0 bridgehead atoms. The zero-order valence-corrected chi connectivity index (χ0v) is 19.6. The molecule has 0 saturated carbocycles. The maximum absolute atomic E-state index is 13.2. The van der Waals surface area contributed by atoms with Crippen molar-refractivity contribution in [3.05, 3.63) is 88.4 Å². The van der Waals surface area contributed by atoms with Crippen LogP contribution in [0.4, 0.5) is 5.69 Å². The molecule has 168 valence electrons. The molecule has 1 amide bonds. The van der Waals surface area contributed by atoms with Crippen LogP contribution >= 0.6 is 11.6 Å². The number of rotatable bonds is 8. The van der Waals surface area contributed by atoms with Crippen molar-refractivity contribution in [3.8, 4) is 5.75 Å². The van der Waals surface area contributed by atoms with E-state index in [9.17, 15) is 13.2 Å². The number of sulfonamides is 1. The van der Waals surface area contributed by atoms with Gasteiger partial charge in [0.15, 0.2) is 0 Å². The maximum atomic E-state index is 13.2. The van der Waals surface area contributed by atoms with Gasteiger partial charge >= 0.3 is 0 Å². The van der Waals surface area contributed by atoms with Gasteiger partial charge < -0.3 is 10.1 Å². The summed E-state index contributed by atoms with van der Waals surface area (Å²) < 4.78 is 34.3. The molecule has 0 saturated heterocycles. The Balaban J connectivity index is 1.93. The number of hydrogen-bond donors (Lipinski definition) is 2. The lowest BCUT2D eigenvalue weighted by Gasteiger charge is -2.20. The number of amides is 1. The number of carbonyl (C=O) groups excluding carboxylic acids is 1. The number of nitrogens with one attached hydrogen (secondary N) is 2. The molecule has 3 rings (SSSR count). The molecule has 1 unspecified atom stereocenters. The van der Waals surface area contributed by atoms with Gasteiger partial charge in [-0.05, 0) is 67.3 Å². The largest absolute Gasteiger partial charge is 0.495 e. The lowest BCUT2D eigenvalue weighted by atomic mass is 10.1. The fourth-order valence-corrected chi connectivity index (χ4v) is 4.95. The summed E-state index contributed by atoms with van der Waals surface area (Å²) in [5.41, 5.74) is 2.91. The Hall–Kier alpha value is -2.87. The number of methoxy groups -OCH3 is 1. The zero-order chi connectivity index (χ0) is 23.3. The molecule has 0 heterocycles. The number of hydrogen-bond acceptors (Lipinski definition) is 4. The van der Waals surface area contributed by atoms with E-state index >= 15 is 0 Å². The number of ether oxygens (including phenoxy) is 1. The molecule has 1 atom stereocenters. The second-order valence-electron chi connectivity index (χ2n) is 7.47. The first-order valence-electron chi connectivity index (χ1n) is 9.97. The van der Waals surface area contributed by atoms with Crippen molar-refractivity contribution in [1.82, 2.24) is 4.72 Å². The summed E-state index contributed by atoms with van der Waals surface area (Å²) in [6.45, 7) is 3.60. The highest BCUT2D eigenvalue weighted by Crippen LogP contribution is 2.25. The van der Waals surface area contributed by atoms with E-state index in [1.54, 1.807) is 37.3 Å². The van der Waals surface area contributed by atoms with E-state index in [1.165, 1.54) is 13.2 Å². The number of halogens is 1. The van der Waals surface area contributed by atoms with E-state index in [0.717, 1.165) is 16.7 Å². The molecule has 0 aliphatic heterocycles. The van der Waals surface area contributed by atoms with Gasteiger partial charge in [0.1, 0.15) is 16.7 Å². The van der Waals surface area contributed by atoms with Crippen molar-refractivity contribution >= 4 is 33.2 Å². The SMILES string of the molecule is COc1ccc(C)cc1S(=O)(=O)NC(Cc1ccccc1)C(=O)Nc1ccc(Cl)cc1C. The van der Waals surface area contributed by atoms with Crippen LogP contribution in [0.5, 0.6) is 5.75 Å². The first-order chi connectivity index (χ1) is 15.2. The summed E-state index contributed by atoms with van der Waals surface area (Å²) in [4.78, 5) is 13.2. The highest BCUT2D eigenvalue weighted by Gasteiger charge is 2.28. The monoisotopic (exact) mass is 472 g/mol. The first kappa shape index (κ1) is 23.8. The topological polar surface area (TPSA) is 84.5 Å². The first-order valence-corrected chi connectivity index (χ1v) is 11.8. The Labute approximate surface area is 193 Å². The average molecular weight is 473 g/mol. The van der Waals surface area contributed by atoms with Gasteiger partial charge in [-0.15, -0.1) is 0 Å². The summed E-state index contributed by atoms with van der Waals surface area (Å²) in [6.07, 6.45) is 0.173. The van der Waals surface area contributed by atoms with Crippen molar-refractivity contribution in [2.24, 2.45) is 0 Å². The molecule has 3 aromatic rings. The Morgan fingerprint density at radius 2 is 1.75 bits per heavy atom. The molecular weight excluding hydrogens is 448 g/mol. The van der Waals surface area contributed by atoms with Crippen LogP contribution < -0.4 is 14.8 Å². The second kappa shape index (κ2) is 10.2. The van der Waals surface area contributed by atoms with E-state index in [-0.39, 0.29) is 17.1 Å². The van der Waals surface area contributed by atoms with Crippen LogP contribution in [-0.4, -0.2) is 27.5 Å². The molecule has 3 aromatic carbocycles. The fourth-order valence-electron chi connectivity index (χ4n) is 3.27. The highest BCUT2D eigenvalue weighted by atomic mass is 35.5. The standard InChI is InChI=1S/C24H25ClN2O4S/c1-16-9-12-22(31-3)23(13-16)32(29,30)27-21(15-18-7-5-4-6-8-18)24(28)26-20-11-10-19(25)14-17(20)2/h4-14,21,27H,15H2,1-3H3,(H,26,28). The number of benzene rings is 3. The van der Waals surface area contributed by atoms with Crippen LogP contribution in [0, 0.1) is 13.8 Å². The molecule has 6 nitrogen and oxygen atoms in total. The molecule has 2 N–H and O–H groups in total. The molecule has 0 aliphatic carbocycles. The van der Waals surface area contributed by atoms with E-state index in [2.05, 4.69) is 10.0 Å². The minimum Gasteiger partial charge on any atom is -0.495 e. The van der Waals surface area contributed by atoms with Crippen LogP contribution in [-0.2, 0) is 21.2 Å². The number of carbonyl (C=O) groups is 1. The third-order valence-electron chi connectivity index (χ3n) is 4.95.